The van der Waals surface area contributed by atoms with E-state index in [9.17, 15) is 22.4 Å². The van der Waals surface area contributed by atoms with E-state index < -0.39 is 18.0 Å². The lowest BCUT2D eigenvalue weighted by molar-refractivity contribution is -0.152. The smallest absolute Gasteiger partial charge is 0.378 e. The molecule has 0 radical (unpaired) electrons. The minimum Gasteiger partial charge on any atom is -0.378 e. The Kier molecular flexibility index (Phi) is 5.68. The van der Waals surface area contributed by atoms with Crippen molar-refractivity contribution in [2.45, 2.75) is 31.6 Å². The summed E-state index contributed by atoms with van der Waals surface area (Å²) in [5.74, 6) is -0.0787. The van der Waals surface area contributed by atoms with Crippen LogP contribution in [0, 0.1) is 5.82 Å². The molecular weight excluding hydrogens is 404 g/mol. The summed E-state index contributed by atoms with van der Waals surface area (Å²) in [5, 5.41) is 0. The summed E-state index contributed by atoms with van der Waals surface area (Å²) in [6, 6.07) is 5.40. The number of morpholine rings is 1. The minimum atomic E-state index is -4.47. The van der Waals surface area contributed by atoms with Crippen LogP contribution in [0.3, 0.4) is 0 Å². The SMILES string of the molecule is O=c1cc(N2CCOCC2)nc2n1CC[C@@H](C(F)(F)F)N2CCc1cccc(F)c1. The molecule has 1 saturated heterocycles. The maximum atomic E-state index is 13.8. The second-order valence-electron chi connectivity index (χ2n) is 7.42. The third-order valence-corrected chi connectivity index (χ3v) is 5.48. The predicted octanol–water partition coefficient (Wildman–Crippen LogP) is 2.60. The number of benzene rings is 1. The molecule has 0 unspecified atom stereocenters. The molecule has 162 valence electrons. The van der Waals surface area contributed by atoms with Gasteiger partial charge in [-0.25, -0.2) is 4.39 Å². The van der Waals surface area contributed by atoms with Crippen molar-refractivity contribution in [2.75, 3.05) is 42.6 Å². The number of hydrogen-bond acceptors (Lipinski definition) is 5. The topological polar surface area (TPSA) is 50.6 Å². The van der Waals surface area contributed by atoms with E-state index >= 15 is 0 Å². The molecule has 2 aromatic rings. The van der Waals surface area contributed by atoms with Gasteiger partial charge in [0.2, 0.25) is 5.95 Å². The monoisotopic (exact) mass is 426 g/mol. The Morgan fingerprint density at radius 2 is 1.90 bits per heavy atom. The molecule has 2 aliphatic heterocycles. The second-order valence-corrected chi connectivity index (χ2v) is 7.42. The van der Waals surface area contributed by atoms with Gasteiger partial charge < -0.3 is 14.5 Å². The fraction of sp³-hybridized carbons (Fsp3) is 0.500. The van der Waals surface area contributed by atoms with Gasteiger partial charge in [-0.05, 0) is 30.5 Å². The van der Waals surface area contributed by atoms with E-state index in [1.54, 1.807) is 6.07 Å². The van der Waals surface area contributed by atoms with Gasteiger partial charge >= 0.3 is 6.18 Å². The van der Waals surface area contributed by atoms with Gasteiger partial charge in [0, 0.05) is 32.2 Å². The number of hydrogen-bond donors (Lipinski definition) is 0. The zero-order valence-electron chi connectivity index (χ0n) is 16.2. The van der Waals surface area contributed by atoms with Gasteiger partial charge in [-0.3, -0.25) is 9.36 Å². The maximum absolute atomic E-state index is 13.8. The van der Waals surface area contributed by atoms with E-state index in [-0.39, 0.29) is 37.4 Å². The molecule has 10 heteroatoms. The van der Waals surface area contributed by atoms with E-state index in [0.29, 0.717) is 37.7 Å². The largest absolute Gasteiger partial charge is 0.408 e. The molecule has 0 bridgehead atoms. The van der Waals surface area contributed by atoms with Crippen LogP contribution in [0.4, 0.5) is 29.3 Å². The molecule has 0 amide bonds. The van der Waals surface area contributed by atoms with Crippen molar-refractivity contribution in [3.05, 3.63) is 52.1 Å². The predicted molar refractivity (Wildman–Crippen MR) is 103 cm³/mol. The van der Waals surface area contributed by atoms with Crippen molar-refractivity contribution in [1.29, 1.82) is 0 Å². The second kappa shape index (κ2) is 8.25. The lowest BCUT2D eigenvalue weighted by Gasteiger charge is -2.39. The fourth-order valence-corrected chi connectivity index (χ4v) is 3.95. The summed E-state index contributed by atoms with van der Waals surface area (Å²) in [7, 11) is 0. The molecule has 1 aromatic carbocycles. The highest BCUT2D eigenvalue weighted by Crippen LogP contribution is 2.34. The lowest BCUT2D eigenvalue weighted by atomic mass is 10.1. The third-order valence-electron chi connectivity index (χ3n) is 5.48. The third kappa shape index (κ3) is 4.28. The number of nitrogens with zero attached hydrogens (tertiary/aromatic N) is 4. The van der Waals surface area contributed by atoms with Crippen molar-refractivity contribution in [3.63, 3.8) is 0 Å². The van der Waals surface area contributed by atoms with Gasteiger partial charge in [0.25, 0.3) is 5.56 Å². The van der Waals surface area contributed by atoms with Crippen LogP contribution in [0.2, 0.25) is 0 Å². The number of halogens is 4. The Balaban J connectivity index is 1.69. The molecule has 1 aromatic heterocycles. The van der Waals surface area contributed by atoms with Crippen LogP contribution >= 0.6 is 0 Å². The van der Waals surface area contributed by atoms with Crippen molar-refractivity contribution < 1.29 is 22.3 Å². The maximum Gasteiger partial charge on any atom is 0.408 e. The van der Waals surface area contributed by atoms with Gasteiger partial charge in [0.15, 0.2) is 0 Å². The molecule has 0 spiro atoms. The van der Waals surface area contributed by atoms with Gasteiger partial charge in [-0.15, -0.1) is 0 Å². The Labute approximate surface area is 170 Å². The molecule has 2 aliphatic rings. The Morgan fingerprint density at radius 3 is 2.60 bits per heavy atom. The summed E-state index contributed by atoms with van der Waals surface area (Å²) in [6.07, 6.45) is -4.51. The van der Waals surface area contributed by atoms with Crippen molar-refractivity contribution in [3.8, 4) is 0 Å². The lowest BCUT2D eigenvalue weighted by Crippen LogP contribution is -2.53. The first kappa shape index (κ1) is 20.6. The zero-order chi connectivity index (χ0) is 21.3. The quantitative estimate of drug-likeness (QED) is 0.704. The first-order valence-electron chi connectivity index (χ1n) is 9.85. The number of anilines is 2. The van der Waals surface area contributed by atoms with Crippen LogP contribution in [0.1, 0.15) is 12.0 Å². The molecule has 6 nitrogen and oxygen atoms in total. The molecule has 1 fully saturated rings. The van der Waals surface area contributed by atoms with Gasteiger partial charge in [0.1, 0.15) is 17.7 Å². The molecule has 0 N–H and O–H groups in total. The Morgan fingerprint density at radius 1 is 1.13 bits per heavy atom. The molecule has 0 saturated carbocycles. The summed E-state index contributed by atoms with van der Waals surface area (Å²) < 4.78 is 61.4. The van der Waals surface area contributed by atoms with Crippen LogP contribution in [0.5, 0.6) is 0 Å². The zero-order valence-corrected chi connectivity index (χ0v) is 16.2. The summed E-state index contributed by atoms with van der Waals surface area (Å²) in [4.78, 5) is 20.1. The van der Waals surface area contributed by atoms with E-state index in [4.69, 9.17) is 4.74 Å². The Bertz CT molecular complexity index is 957. The van der Waals surface area contributed by atoms with Crippen LogP contribution < -0.4 is 15.4 Å². The molecule has 30 heavy (non-hydrogen) atoms. The highest BCUT2D eigenvalue weighted by atomic mass is 19.4. The van der Waals surface area contributed by atoms with Crippen molar-refractivity contribution in [2.24, 2.45) is 0 Å². The highest BCUT2D eigenvalue weighted by molar-refractivity contribution is 5.47. The van der Waals surface area contributed by atoms with E-state index in [1.165, 1.54) is 28.8 Å². The normalized spacial score (nSPS) is 19.7. The number of alkyl halides is 3. The Hall–Kier alpha value is -2.62. The van der Waals surface area contributed by atoms with E-state index in [2.05, 4.69) is 4.98 Å². The average molecular weight is 426 g/mol. The number of aromatic nitrogens is 2. The van der Waals surface area contributed by atoms with Gasteiger partial charge in [-0.1, -0.05) is 12.1 Å². The van der Waals surface area contributed by atoms with Crippen LogP contribution in [-0.4, -0.2) is 54.6 Å². The van der Waals surface area contributed by atoms with Gasteiger partial charge in [-0.2, -0.15) is 18.2 Å². The summed E-state index contributed by atoms with van der Waals surface area (Å²) in [6.45, 7) is 1.88. The minimum absolute atomic E-state index is 0.00831. The first-order chi connectivity index (χ1) is 14.3. The van der Waals surface area contributed by atoms with Crippen LogP contribution in [-0.2, 0) is 17.7 Å². The number of ether oxygens (including phenoxy) is 1. The van der Waals surface area contributed by atoms with E-state index in [1.807, 2.05) is 4.90 Å². The molecular formula is C20H22F4N4O2. The first-order valence-corrected chi connectivity index (χ1v) is 9.85. The molecule has 1 atom stereocenters. The van der Waals surface area contributed by atoms with Crippen molar-refractivity contribution in [1.82, 2.24) is 9.55 Å². The number of rotatable bonds is 4. The van der Waals surface area contributed by atoms with Gasteiger partial charge in [0.05, 0.1) is 13.2 Å². The molecule has 3 heterocycles. The molecule has 0 aliphatic carbocycles. The summed E-state index contributed by atoms with van der Waals surface area (Å²) >= 11 is 0. The van der Waals surface area contributed by atoms with Crippen molar-refractivity contribution >= 4 is 11.8 Å². The molecule has 4 rings (SSSR count). The van der Waals surface area contributed by atoms with Crippen LogP contribution in [0.15, 0.2) is 35.1 Å². The summed E-state index contributed by atoms with van der Waals surface area (Å²) in [5.41, 5.74) is 0.206. The van der Waals surface area contributed by atoms with Crippen LogP contribution in [0.25, 0.3) is 0 Å². The standard InChI is InChI=1S/C20H22F4N4O2/c21-15-3-1-2-14(12-15)4-6-27-16(20(22,23)24)5-7-28-18(29)13-17(25-19(27)28)26-8-10-30-11-9-26/h1-3,12-13,16H,4-11H2/t16-/m0/s1. The average Bonchev–Trinajstić information content (AvgIpc) is 2.72. The number of fused-ring (bicyclic) bond motifs is 1. The van der Waals surface area contributed by atoms with E-state index in [0.717, 1.165) is 4.90 Å². The fourth-order valence-electron chi connectivity index (χ4n) is 3.95. The highest BCUT2D eigenvalue weighted by Gasteiger charge is 2.46.